The van der Waals surface area contributed by atoms with Crippen LogP contribution in [0.5, 0.6) is 0 Å². The summed E-state index contributed by atoms with van der Waals surface area (Å²) in [6, 6.07) is 0. The summed E-state index contributed by atoms with van der Waals surface area (Å²) in [5.74, 6) is -0.800. The summed E-state index contributed by atoms with van der Waals surface area (Å²) in [7, 11) is 0. The number of nitrogens with one attached hydrogen (secondary N) is 1. The second kappa shape index (κ2) is 7.84. The highest BCUT2D eigenvalue weighted by Gasteiger charge is 2.15. The van der Waals surface area contributed by atoms with Crippen molar-refractivity contribution >= 4 is 11.9 Å². The van der Waals surface area contributed by atoms with E-state index in [2.05, 4.69) is 5.32 Å². The molecular formula is C12H20N2O4. The van der Waals surface area contributed by atoms with Crippen molar-refractivity contribution in [2.24, 2.45) is 0 Å². The molecule has 6 heteroatoms. The third-order valence-electron chi connectivity index (χ3n) is 2.77. The van der Waals surface area contributed by atoms with Crippen LogP contribution in [-0.2, 0) is 14.3 Å². The van der Waals surface area contributed by atoms with Gasteiger partial charge in [0.25, 0.3) is 0 Å². The van der Waals surface area contributed by atoms with E-state index in [1.165, 1.54) is 0 Å². The maximum atomic E-state index is 11.7. The number of carbonyl (C=O) groups is 2. The van der Waals surface area contributed by atoms with Crippen molar-refractivity contribution in [1.29, 1.82) is 0 Å². The molecule has 6 nitrogen and oxygen atoms in total. The molecule has 0 aliphatic carbocycles. The molecule has 0 aromatic heterocycles. The van der Waals surface area contributed by atoms with Gasteiger partial charge < -0.3 is 20.1 Å². The number of carboxylic acid groups (broad SMARTS) is 1. The van der Waals surface area contributed by atoms with E-state index < -0.39 is 5.97 Å². The number of ether oxygens (including phenoxy) is 1. The fraction of sp³-hybridized carbons (Fsp3) is 0.667. The lowest BCUT2D eigenvalue weighted by molar-refractivity contribution is -0.135. The first-order valence-electron chi connectivity index (χ1n) is 6.07. The van der Waals surface area contributed by atoms with Gasteiger partial charge in [0.2, 0.25) is 5.91 Å². The van der Waals surface area contributed by atoms with Gasteiger partial charge in [-0.1, -0.05) is 6.08 Å². The molecule has 2 N–H and O–H groups in total. The minimum Gasteiger partial charge on any atom is -0.478 e. The average Bonchev–Trinajstić information content (AvgIpc) is 2.38. The van der Waals surface area contributed by atoms with E-state index in [1.807, 2.05) is 0 Å². The lowest BCUT2D eigenvalue weighted by atomic mass is 10.3. The number of carbonyl (C=O) groups excluding carboxylic acids is 1. The molecule has 1 aliphatic heterocycles. The quantitative estimate of drug-likeness (QED) is 0.510. The minimum absolute atomic E-state index is 0.115. The Bertz CT molecular complexity index is 322. The molecule has 1 aliphatic rings. The van der Waals surface area contributed by atoms with Crippen LogP contribution in [0, 0.1) is 0 Å². The fourth-order valence-corrected chi connectivity index (χ4v) is 1.58. The second-order valence-electron chi connectivity index (χ2n) is 4.14. The van der Waals surface area contributed by atoms with Crippen molar-refractivity contribution in [3.63, 3.8) is 0 Å². The third-order valence-corrected chi connectivity index (χ3v) is 2.77. The molecule has 102 valence electrons. The molecular weight excluding hydrogens is 236 g/mol. The van der Waals surface area contributed by atoms with Crippen molar-refractivity contribution in [1.82, 2.24) is 10.2 Å². The summed E-state index contributed by atoms with van der Waals surface area (Å²) in [5, 5.41) is 11.7. The van der Waals surface area contributed by atoms with E-state index in [0.29, 0.717) is 51.4 Å². The van der Waals surface area contributed by atoms with E-state index in [4.69, 9.17) is 9.84 Å². The molecule has 18 heavy (non-hydrogen) atoms. The monoisotopic (exact) mass is 256 g/mol. The molecule has 0 aromatic rings. The number of aliphatic carboxylic acids is 1. The van der Waals surface area contributed by atoms with Gasteiger partial charge in [-0.25, -0.2) is 4.79 Å². The van der Waals surface area contributed by atoms with Gasteiger partial charge in [0.05, 0.1) is 13.2 Å². The van der Waals surface area contributed by atoms with Crippen LogP contribution < -0.4 is 5.32 Å². The minimum atomic E-state index is -0.916. The van der Waals surface area contributed by atoms with E-state index in [1.54, 1.807) is 17.9 Å². The molecule has 1 saturated heterocycles. The normalized spacial score (nSPS) is 16.7. The summed E-state index contributed by atoms with van der Waals surface area (Å²) in [4.78, 5) is 24.0. The first-order valence-corrected chi connectivity index (χ1v) is 6.07. The van der Waals surface area contributed by atoms with Crippen molar-refractivity contribution < 1.29 is 19.4 Å². The Morgan fingerprint density at radius 1 is 1.39 bits per heavy atom. The van der Waals surface area contributed by atoms with E-state index >= 15 is 0 Å². The molecule has 1 rings (SSSR count). The topological polar surface area (TPSA) is 78.9 Å². The first kappa shape index (κ1) is 14.7. The number of carboxylic acids is 1. The lowest BCUT2D eigenvalue weighted by Gasteiger charge is -2.26. The maximum Gasteiger partial charge on any atom is 0.330 e. The van der Waals surface area contributed by atoms with Crippen LogP contribution in [0.1, 0.15) is 13.3 Å². The number of rotatable bonds is 6. The Hall–Kier alpha value is -1.40. The predicted molar refractivity (Wildman–Crippen MR) is 66.3 cm³/mol. The number of amides is 1. The summed E-state index contributed by atoms with van der Waals surface area (Å²) < 4.78 is 5.17. The lowest BCUT2D eigenvalue weighted by Crippen LogP contribution is -2.41. The van der Waals surface area contributed by atoms with Crippen molar-refractivity contribution in [3.8, 4) is 0 Å². The molecule has 0 atom stereocenters. The highest BCUT2D eigenvalue weighted by molar-refractivity contribution is 5.85. The molecule has 1 amide bonds. The molecule has 0 spiro atoms. The van der Waals surface area contributed by atoms with Crippen LogP contribution >= 0.6 is 0 Å². The Kier molecular flexibility index (Phi) is 6.38. The number of nitrogens with zero attached hydrogens (tertiary/aromatic N) is 1. The van der Waals surface area contributed by atoms with Crippen LogP contribution in [0.4, 0.5) is 0 Å². The Labute approximate surface area is 107 Å². The highest BCUT2D eigenvalue weighted by atomic mass is 16.5. The van der Waals surface area contributed by atoms with Crippen LogP contribution in [0.2, 0.25) is 0 Å². The average molecular weight is 256 g/mol. The second-order valence-corrected chi connectivity index (χ2v) is 4.14. The molecule has 0 unspecified atom stereocenters. The van der Waals surface area contributed by atoms with Crippen molar-refractivity contribution in [3.05, 3.63) is 11.6 Å². The number of hydrogen-bond acceptors (Lipinski definition) is 4. The molecule has 1 fully saturated rings. The number of morpholine rings is 1. The van der Waals surface area contributed by atoms with Crippen LogP contribution in [0.3, 0.4) is 0 Å². The zero-order valence-corrected chi connectivity index (χ0v) is 10.6. The summed E-state index contributed by atoms with van der Waals surface area (Å²) in [6.45, 7) is 5.12. The SMILES string of the molecule is CC(=CCNCCC(=O)N1CCOCC1)C(=O)O. The Balaban J connectivity index is 2.12. The zero-order valence-electron chi connectivity index (χ0n) is 10.6. The van der Waals surface area contributed by atoms with Crippen LogP contribution in [0.25, 0.3) is 0 Å². The summed E-state index contributed by atoms with van der Waals surface area (Å²) in [6.07, 6.45) is 2.03. The fourth-order valence-electron chi connectivity index (χ4n) is 1.58. The van der Waals surface area contributed by atoms with Gasteiger partial charge in [-0.05, 0) is 6.92 Å². The summed E-state index contributed by atoms with van der Waals surface area (Å²) in [5.41, 5.74) is 0.307. The van der Waals surface area contributed by atoms with Gasteiger partial charge in [-0.2, -0.15) is 0 Å². The van der Waals surface area contributed by atoms with Crippen molar-refractivity contribution in [2.45, 2.75) is 13.3 Å². The van der Waals surface area contributed by atoms with E-state index in [0.717, 1.165) is 0 Å². The Morgan fingerprint density at radius 2 is 2.06 bits per heavy atom. The van der Waals surface area contributed by atoms with Gasteiger partial charge in [0, 0.05) is 38.2 Å². The van der Waals surface area contributed by atoms with Crippen molar-refractivity contribution in [2.75, 3.05) is 39.4 Å². The maximum absolute atomic E-state index is 11.7. The summed E-state index contributed by atoms with van der Waals surface area (Å²) >= 11 is 0. The third kappa shape index (κ3) is 5.29. The highest BCUT2D eigenvalue weighted by Crippen LogP contribution is 1.99. The first-order chi connectivity index (χ1) is 8.61. The van der Waals surface area contributed by atoms with Gasteiger partial charge in [0.15, 0.2) is 0 Å². The Morgan fingerprint density at radius 3 is 2.67 bits per heavy atom. The van der Waals surface area contributed by atoms with Gasteiger partial charge >= 0.3 is 5.97 Å². The largest absolute Gasteiger partial charge is 0.478 e. The van der Waals surface area contributed by atoms with Crippen LogP contribution in [0.15, 0.2) is 11.6 Å². The van der Waals surface area contributed by atoms with Gasteiger partial charge in [0.1, 0.15) is 0 Å². The molecule has 0 saturated carbocycles. The number of hydrogen-bond donors (Lipinski definition) is 2. The van der Waals surface area contributed by atoms with Gasteiger partial charge in [-0.3, -0.25) is 4.79 Å². The smallest absolute Gasteiger partial charge is 0.330 e. The van der Waals surface area contributed by atoms with Gasteiger partial charge in [-0.15, -0.1) is 0 Å². The zero-order chi connectivity index (χ0) is 13.4. The molecule has 0 bridgehead atoms. The molecule has 0 radical (unpaired) electrons. The molecule has 0 aromatic carbocycles. The molecule has 1 heterocycles. The van der Waals surface area contributed by atoms with Crippen LogP contribution in [-0.4, -0.2) is 61.3 Å². The predicted octanol–water partition coefficient (Wildman–Crippen LogP) is -0.144. The standard InChI is InChI=1S/C12H20N2O4/c1-10(12(16)17)2-4-13-5-3-11(15)14-6-8-18-9-7-14/h2,13H,3-9H2,1H3,(H,16,17). The van der Waals surface area contributed by atoms with E-state index in [9.17, 15) is 9.59 Å². The van der Waals surface area contributed by atoms with E-state index in [-0.39, 0.29) is 5.91 Å².